The number of fused-ring (bicyclic) bond motifs is 1. The summed E-state index contributed by atoms with van der Waals surface area (Å²) in [5.74, 6) is 0.531. The van der Waals surface area contributed by atoms with Gasteiger partial charge in [-0.3, -0.25) is 4.79 Å². The highest BCUT2D eigenvalue weighted by molar-refractivity contribution is 6.30. The van der Waals surface area contributed by atoms with E-state index in [9.17, 15) is 9.90 Å². The van der Waals surface area contributed by atoms with Gasteiger partial charge in [-0.15, -0.1) is 0 Å². The van der Waals surface area contributed by atoms with Gasteiger partial charge in [-0.25, -0.2) is 5.43 Å². The van der Waals surface area contributed by atoms with E-state index >= 15 is 0 Å². The second-order valence-corrected chi connectivity index (χ2v) is 6.56. The van der Waals surface area contributed by atoms with Crippen LogP contribution >= 0.6 is 11.6 Å². The lowest BCUT2D eigenvalue weighted by molar-refractivity contribution is 0.0952. The number of nitrogens with zero attached hydrogens (tertiary/aromatic N) is 1. The normalized spacial score (nSPS) is 11.2. The minimum absolute atomic E-state index is 0.102. The highest BCUT2D eigenvalue weighted by Crippen LogP contribution is 2.25. The lowest BCUT2D eigenvalue weighted by Gasteiger charge is -2.05. The van der Waals surface area contributed by atoms with Crippen LogP contribution in [-0.4, -0.2) is 17.2 Å². The van der Waals surface area contributed by atoms with Crippen molar-refractivity contribution < 1.29 is 14.3 Å². The second kappa shape index (κ2) is 7.58. The van der Waals surface area contributed by atoms with Gasteiger partial charge in [0.2, 0.25) is 0 Å². The predicted molar refractivity (Wildman–Crippen MR) is 110 cm³/mol. The van der Waals surface area contributed by atoms with Crippen molar-refractivity contribution in [2.75, 3.05) is 0 Å². The van der Waals surface area contributed by atoms with E-state index < -0.39 is 5.91 Å². The molecule has 1 heterocycles. The Morgan fingerprint density at radius 1 is 1.00 bits per heavy atom. The maximum atomic E-state index is 12.3. The molecular weight excluding hydrogens is 376 g/mol. The van der Waals surface area contributed by atoms with Crippen molar-refractivity contribution in [2.45, 2.75) is 0 Å². The molecule has 3 aromatic carbocycles. The zero-order chi connectivity index (χ0) is 19.5. The summed E-state index contributed by atoms with van der Waals surface area (Å²) in [5.41, 5.74) is 3.44. The number of benzene rings is 3. The van der Waals surface area contributed by atoms with Crippen molar-refractivity contribution in [1.29, 1.82) is 0 Å². The van der Waals surface area contributed by atoms with E-state index in [-0.39, 0.29) is 11.3 Å². The summed E-state index contributed by atoms with van der Waals surface area (Å²) in [5, 5.41) is 16.4. The van der Waals surface area contributed by atoms with Crippen LogP contribution in [-0.2, 0) is 0 Å². The van der Waals surface area contributed by atoms with E-state index in [1.165, 1.54) is 6.21 Å². The first-order chi connectivity index (χ1) is 13.6. The molecule has 0 aliphatic heterocycles. The Morgan fingerprint density at radius 2 is 1.71 bits per heavy atom. The summed E-state index contributed by atoms with van der Waals surface area (Å²) in [6.45, 7) is 0. The molecule has 1 aromatic heterocycles. The van der Waals surface area contributed by atoms with Crippen LogP contribution in [0.1, 0.15) is 16.1 Å². The fraction of sp³-hybridized carbons (Fsp3) is 0. The molecule has 2 N–H and O–H groups in total. The quantitative estimate of drug-likeness (QED) is 0.370. The highest BCUT2D eigenvalue weighted by Gasteiger charge is 2.12. The third-order valence-corrected chi connectivity index (χ3v) is 4.47. The van der Waals surface area contributed by atoms with Gasteiger partial charge in [-0.05, 0) is 59.3 Å². The Labute approximate surface area is 165 Å². The fourth-order valence-electron chi connectivity index (χ4n) is 2.82. The summed E-state index contributed by atoms with van der Waals surface area (Å²) >= 11 is 5.89. The summed E-state index contributed by atoms with van der Waals surface area (Å²) < 4.78 is 5.69. The van der Waals surface area contributed by atoms with Gasteiger partial charge >= 0.3 is 0 Å². The largest absolute Gasteiger partial charge is 0.507 e. The molecule has 4 aromatic rings. The highest BCUT2D eigenvalue weighted by atomic mass is 35.5. The molecule has 6 heteroatoms. The zero-order valence-electron chi connectivity index (χ0n) is 14.6. The number of furan rings is 1. The molecule has 28 heavy (non-hydrogen) atoms. The van der Waals surface area contributed by atoms with Crippen molar-refractivity contribution >= 4 is 34.5 Å². The minimum Gasteiger partial charge on any atom is -0.507 e. The predicted octanol–water partition coefficient (Wildman–Crippen LogP) is 5.22. The number of hydrogen-bond acceptors (Lipinski definition) is 4. The van der Waals surface area contributed by atoms with Gasteiger partial charge in [0, 0.05) is 10.6 Å². The maximum absolute atomic E-state index is 12.3. The van der Waals surface area contributed by atoms with Gasteiger partial charge < -0.3 is 9.52 Å². The summed E-state index contributed by atoms with van der Waals surface area (Å²) in [6.07, 6.45) is 1.40. The first-order valence-corrected chi connectivity index (χ1v) is 8.89. The number of phenols is 1. The number of hydrazone groups is 1. The van der Waals surface area contributed by atoms with Crippen molar-refractivity contribution in [3.05, 3.63) is 89.1 Å². The number of rotatable bonds is 4. The Morgan fingerprint density at radius 3 is 2.46 bits per heavy atom. The average Bonchev–Trinajstić information content (AvgIpc) is 3.17. The van der Waals surface area contributed by atoms with Gasteiger partial charge in [0.1, 0.15) is 17.3 Å². The average molecular weight is 391 g/mol. The third kappa shape index (κ3) is 3.75. The second-order valence-electron chi connectivity index (χ2n) is 6.12. The summed E-state index contributed by atoms with van der Waals surface area (Å²) in [7, 11) is 0. The number of carbonyl (C=O) groups is 1. The van der Waals surface area contributed by atoms with E-state index in [1.807, 2.05) is 42.5 Å². The van der Waals surface area contributed by atoms with Crippen LogP contribution in [0.4, 0.5) is 0 Å². The van der Waals surface area contributed by atoms with E-state index in [0.717, 1.165) is 16.3 Å². The van der Waals surface area contributed by atoms with Gasteiger partial charge in [0.05, 0.1) is 11.8 Å². The number of nitrogens with one attached hydrogen (secondary N) is 1. The molecule has 5 nitrogen and oxygen atoms in total. The van der Waals surface area contributed by atoms with E-state index in [4.69, 9.17) is 16.0 Å². The van der Waals surface area contributed by atoms with Crippen LogP contribution < -0.4 is 5.43 Å². The molecule has 4 rings (SSSR count). The molecule has 0 aliphatic carbocycles. The summed E-state index contributed by atoms with van der Waals surface area (Å²) in [6, 6.07) is 21.5. The number of halogens is 1. The number of amides is 1. The minimum atomic E-state index is -0.510. The summed E-state index contributed by atoms with van der Waals surface area (Å²) in [4.78, 5) is 12.3. The molecule has 0 unspecified atom stereocenters. The molecular formula is C22H15ClN2O3. The maximum Gasteiger partial charge on any atom is 0.275 e. The topological polar surface area (TPSA) is 74.8 Å². The molecule has 0 saturated heterocycles. The molecule has 0 aliphatic rings. The third-order valence-electron chi connectivity index (χ3n) is 4.22. The van der Waals surface area contributed by atoms with Crippen LogP contribution in [0.5, 0.6) is 5.75 Å². The molecule has 0 spiro atoms. The Bertz CT molecular complexity index is 1180. The fourth-order valence-corrected chi connectivity index (χ4v) is 2.94. The van der Waals surface area contributed by atoms with Gasteiger partial charge in [-0.1, -0.05) is 35.9 Å². The number of phenolic OH excluding ortho intramolecular Hbond substituents is 1. The first kappa shape index (κ1) is 17.8. The molecule has 0 bridgehead atoms. The molecule has 0 saturated carbocycles. The van der Waals surface area contributed by atoms with Crippen LogP contribution in [0.25, 0.3) is 22.1 Å². The number of hydrogen-bond donors (Lipinski definition) is 2. The van der Waals surface area contributed by atoms with E-state index in [1.54, 1.807) is 30.3 Å². The monoisotopic (exact) mass is 390 g/mol. The van der Waals surface area contributed by atoms with Gasteiger partial charge in [-0.2, -0.15) is 5.10 Å². The molecule has 1 amide bonds. The Balaban J connectivity index is 1.47. The van der Waals surface area contributed by atoms with Crippen molar-refractivity contribution in [2.24, 2.45) is 5.10 Å². The smallest absolute Gasteiger partial charge is 0.275 e. The van der Waals surface area contributed by atoms with E-state index in [0.29, 0.717) is 16.5 Å². The lowest BCUT2D eigenvalue weighted by atomic mass is 10.1. The van der Waals surface area contributed by atoms with Crippen molar-refractivity contribution in [1.82, 2.24) is 5.43 Å². The Kier molecular flexibility index (Phi) is 4.83. The van der Waals surface area contributed by atoms with E-state index in [2.05, 4.69) is 10.5 Å². The first-order valence-electron chi connectivity index (χ1n) is 8.51. The molecule has 0 radical (unpaired) electrons. The van der Waals surface area contributed by atoms with Crippen LogP contribution in [0.3, 0.4) is 0 Å². The van der Waals surface area contributed by atoms with Crippen LogP contribution in [0.2, 0.25) is 5.02 Å². The van der Waals surface area contributed by atoms with Crippen molar-refractivity contribution in [3.63, 3.8) is 0 Å². The number of carbonyl (C=O) groups excluding carboxylic acids is 1. The molecule has 0 fully saturated rings. The lowest BCUT2D eigenvalue weighted by Crippen LogP contribution is -2.17. The van der Waals surface area contributed by atoms with Gasteiger partial charge in [0.15, 0.2) is 0 Å². The van der Waals surface area contributed by atoms with Crippen LogP contribution in [0.15, 0.2) is 82.3 Å². The molecule has 138 valence electrons. The molecule has 0 atom stereocenters. The van der Waals surface area contributed by atoms with Crippen LogP contribution in [0, 0.1) is 0 Å². The SMILES string of the molecule is O=C(N/N=C/c1ccc(-c2ccc(Cl)cc2)o1)c1cc2ccccc2cc1O. The van der Waals surface area contributed by atoms with Crippen molar-refractivity contribution in [3.8, 4) is 17.1 Å². The van der Waals surface area contributed by atoms with Gasteiger partial charge in [0.25, 0.3) is 5.91 Å². The Hall–Kier alpha value is -3.57. The zero-order valence-corrected chi connectivity index (χ0v) is 15.4. The number of aromatic hydroxyl groups is 1. The standard InChI is InChI=1S/C22H15ClN2O3/c23-17-7-5-14(6-8-17)21-10-9-18(28-21)13-24-25-22(27)19-11-15-3-1-2-4-16(15)12-20(19)26/h1-13,26H,(H,25,27)/b24-13+.